The molecule has 0 N–H and O–H groups in total. The number of benzene rings is 1. The Morgan fingerprint density at radius 1 is 1.47 bits per heavy atom. The zero-order valence-electron chi connectivity index (χ0n) is 11.5. The van der Waals surface area contributed by atoms with Gasteiger partial charge in [0.25, 0.3) is 5.91 Å². The fourth-order valence-electron chi connectivity index (χ4n) is 1.82. The molecule has 0 saturated heterocycles. The van der Waals surface area contributed by atoms with Gasteiger partial charge >= 0.3 is 0 Å². The Balaban J connectivity index is 3.02. The molecule has 0 saturated carbocycles. The average molecular weight is 349 g/mol. The summed E-state index contributed by atoms with van der Waals surface area (Å²) in [5.41, 5.74) is 0.578. The molecule has 0 spiro atoms. The molecule has 0 fully saturated rings. The van der Waals surface area contributed by atoms with Gasteiger partial charge in [-0.15, -0.1) is 11.6 Å². The molecule has 1 rings (SSSR count). The third-order valence-corrected chi connectivity index (χ3v) is 3.57. The van der Waals surface area contributed by atoms with Crippen molar-refractivity contribution in [3.05, 3.63) is 28.2 Å². The van der Waals surface area contributed by atoms with Crippen LogP contribution in [0.25, 0.3) is 0 Å². The third kappa shape index (κ3) is 4.39. The Labute approximate surface area is 128 Å². The third-order valence-electron chi connectivity index (χ3n) is 2.81. The number of carbonyl (C=O) groups is 1. The van der Waals surface area contributed by atoms with Gasteiger partial charge in [0.15, 0.2) is 0 Å². The summed E-state index contributed by atoms with van der Waals surface area (Å²) >= 11 is 9.08. The van der Waals surface area contributed by atoms with Crippen LogP contribution in [0.5, 0.6) is 5.75 Å². The molecule has 0 radical (unpaired) electrons. The normalized spacial score (nSPS) is 10.6. The molecular weight excluding hydrogens is 330 g/mol. The zero-order chi connectivity index (χ0) is 14.4. The van der Waals surface area contributed by atoms with E-state index in [0.717, 1.165) is 10.9 Å². The van der Waals surface area contributed by atoms with Crippen LogP contribution in [0, 0.1) is 0 Å². The number of hydrogen-bond acceptors (Lipinski definition) is 2. The van der Waals surface area contributed by atoms with E-state index in [2.05, 4.69) is 15.9 Å². The van der Waals surface area contributed by atoms with E-state index in [0.29, 0.717) is 23.7 Å². The minimum atomic E-state index is -0.0236. The Bertz CT molecular complexity index is 437. The lowest BCUT2D eigenvalue weighted by atomic mass is 10.1. The van der Waals surface area contributed by atoms with E-state index < -0.39 is 0 Å². The molecule has 106 valence electrons. The van der Waals surface area contributed by atoms with Crippen molar-refractivity contribution >= 4 is 33.4 Å². The van der Waals surface area contributed by atoms with Crippen molar-refractivity contribution in [1.29, 1.82) is 0 Å². The minimum absolute atomic E-state index is 0.0236. The second-order valence-electron chi connectivity index (χ2n) is 4.48. The van der Waals surface area contributed by atoms with Crippen molar-refractivity contribution in [2.75, 3.05) is 19.5 Å². The summed E-state index contributed by atoms with van der Waals surface area (Å²) in [5.74, 6) is 1.11. The van der Waals surface area contributed by atoms with Crippen LogP contribution in [-0.4, -0.2) is 36.4 Å². The summed E-state index contributed by atoms with van der Waals surface area (Å²) in [6, 6.07) is 5.55. The molecule has 0 bridgehead atoms. The van der Waals surface area contributed by atoms with Gasteiger partial charge in [-0.25, -0.2) is 0 Å². The van der Waals surface area contributed by atoms with Gasteiger partial charge in [-0.3, -0.25) is 4.79 Å². The molecule has 0 unspecified atom stereocenters. The number of hydrogen-bond donors (Lipinski definition) is 0. The SMILES string of the molecule is COc1cc(Br)ccc1C(=O)N(CCCCl)C(C)C. The molecule has 1 aromatic carbocycles. The second-order valence-corrected chi connectivity index (χ2v) is 5.77. The summed E-state index contributed by atoms with van der Waals surface area (Å²) in [5, 5.41) is 0. The van der Waals surface area contributed by atoms with Crippen LogP contribution in [0.2, 0.25) is 0 Å². The highest BCUT2D eigenvalue weighted by atomic mass is 79.9. The number of rotatable bonds is 6. The van der Waals surface area contributed by atoms with E-state index in [9.17, 15) is 4.79 Å². The summed E-state index contributed by atoms with van der Waals surface area (Å²) < 4.78 is 6.16. The van der Waals surface area contributed by atoms with Gasteiger partial charge in [0, 0.05) is 22.9 Å². The number of alkyl halides is 1. The van der Waals surface area contributed by atoms with Crippen LogP contribution in [0.4, 0.5) is 0 Å². The van der Waals surface area contributed by atoms with Gasteiger partial charge < -0.3 is 9.64 Å². The van der Waals surface area contributed by atoms with Crippen LogP contribution in [-0.2, 0) is 0 Å². The van der Waals surface area contributed by atoms with E-state index >= 15 is 0 Å². The largest absolute Gasteiger partial charge is 0.496 e. The van der Waals surface area contributed by atoms with Crippen LogP contribution in [0.15, 0.2) is 22.7 Å². The smallest absolute Gasteiger partial charge is 0.257 e. The van der Waals surface area contributed by atoms with Gasteiger partial charge in [0.05, 0.1) is 12.7 Å². The fourth-order valence-corrected chi connectivity index (χ4v) is 2.28. The van der Waals surface area contributed by atoms with Crippen LogP contribution < -0.4 is 4.74 Å². The first-order valence-electron chi connectivity index (χ1n) is 6.21. The number of amides is 1. The molecular formula is C14H19BrClNO2. The number of ether oxygens (including phenoxy) is 1. The average Bonchev–Trinajstić information content (AvgIpc) is 2.38. The van der Waals surface area contributed by atoms with Gasteiger partial charge in [0.1, 0.15) is 5.75 Å². The van der Waals surface area contributed by atoms with E-state index in [1.807, 2.05) is 24.8 Å². The highest BCUT2D eigenvalue weighted by Crippen LogP contribution is 2.25. The minimum Gasteiger partial charge on any atom is -0.496 e. The van der Waals surface area contributed by atoms with Gasteiger partial charge in [-0.2, -0.15) is 0 Å². The Hall–Kier alpha value is -0.740. The van der Waals surface area contributed by atoms with Crippen LogP contribution >= 0.6 is 27.5 Å². The van der Waals surface area contributed by atoms with Crippen molar-refractivity contribution in [2.24, 2.45) is 0 Å². The molecule has 1 aromatic rings. The van der Waals surface area contributed by atoms with E-state index in [-0.39, 0.29) is 11.9 Å². The lowest BCUT2D eigenvalue weighted by molar-refractivity contribution is 0.0703. The molecule has 0 aliphatic rings. The predicted octanol–water partition coefficient (Wildman–Crippen LogP) is 3.94. The van der Waals surface area contributed by atoms with Crippen molar-refractivity contribution in [3.63, 3.8) is 0 Å². The standard InChI is InChI=1S/C14H19BrClNO2/c1-10(2)17(8-4-7-16)14(18)12-6-5-11(15)9-13(12)19-3/h5-6,9-10H,4,7-8H2,1-3H3. The first-order valence-corrected chi connectivity index (χ1v) is 7.54. The summed E-state index contributed by atoms with van der Waals surface area (Å²) in [7, 11) is 1.57. The van der Waals surface area contributed by atoms with Gasteiger partial charge in [-0.1, -0.05) is 15.9 Å². The first kappa shape index (κ1) is 16.3. The summed E-state index contributed by atoms with van der Waals surface area (Å²) in [6.45, 7) is 4.65. The Morgan fingerprint density at radius 3 is 2.68 bits per heavy atom. The van der Waals surface area contributed by atoms with Crippen molar-refractivity contribution < 1.29 is 9.53 Å². The van der Waals surface area contributed by atoms with Crippen molar-refractivity contribution in [1.82, 2.24) is 4.90 Å². The fraction of sp³-hybridized carbons (Fsp3) is 0.500. The predicted molar refractivity (Wildman–Crippen MR) is 82.2 cm³/mol. The second kappa shape index (κ2) is 7.75. The Morgan fingerprint density at radius 2 is 2.16 bits per heavy atom. The summed E-state index contributed by atoms with van der Waals surface area (Å²) in [4.78, 5) is 14.4. The highest BCUT2D eigenvalue weighted by molar-refractivity contribution is 9.10. The molecule has 0 aliphatic heterocycles. The number of carbonyl (C=O) groups excluding carboxylic acids is 1. The molecule has 0 aromatic heterocycles. The van der Waals surface area contributed by atoms with Crippen LogP contribution in [0.3, 0.4) is 0 Å². The highest BCUT2D eigenvalue weighted by Gasteiger charge is 2.21. The molecule has 5 heteroatoms. The van der Waals surface area contributed by atoms with Gasteiger partial charge in [0.2, 0.25) is 0 Å². The molecule has 0 aliphatic carbocycles. The molecule has 1 amide bonds. The number of halogens is 2. The maximum atomic E-state index is 12.6. The van der Waals surface area contributed by atoms with E-state index in [4.69, 9.17) is 16.3 Å². The maximum Gasteiger partial charge on any atom is 0.257 e. The summed E-state index contributed by atoms with van der Waals surface area (Å²) in [6.07, 6.45) is 0.782. The monoisotopic (exact) mass is 347 g/mol. The first-order chi connectivity index (χ1) is 9.01. The number of nitrogens with zero attached hydrogens (tertiary/aromatic N) is 1. The molecule has 0 heterocycles. The van der Waals surface area contributed by atoms with E-state index in [1.165, 1.54) is 0 Å². The zero-order valence-corrected chi connectivity index (χ0v) is 13.8. The van der Waals surface area contributed by atoms with E-state index in [1.54, 1.807) is 19.2 Å². The van der Waals surface area contributed by atoms with Crippen molar-refractivity contribution in [2.45, 2.75) is 26.3 Å². The lowest BCUT2D eigenvalue weighted by Crippen LogP contribution is -2.38. The van der Waals surface area contributed by atoms with Crippen LogP contribution in [0.1, 0.15) is 30.6 Å². The number of methoxy groups -OCH3 is 1. The maximum absolute atomic E-state index is 12.6. The van der Waals surface area contributed by atoms with Gasteiger partial charge in [-0.05, 0) is 38.5 Å². The molecule has 19 heavy (non-hydrogen) atoms. The molecule has 3 nitrogen and oxygen atoms in total. The Kier molecular flexibility index (Phi) is 6.66. The topological polar surface area (TPSA) is 29.5 Å². The molecule has 0 atom stereocenters. The van der Waals surface area contributed by atoms with Crippen molar-refractivity contribution in [3.8, 4) is 5.75 Å². The quantitative estimate of drug-likeness (QED) is 0.729. The lowest BCUT2D eigenvalue weighted by Gasteiger charge is -2.27.